The van der Waals surface area contributed by atoms with Crippen LogP contribution < -0.4 is 5.43 Å². The molecule has 1 aliphatic heterocycles. The van der Waals surface area contributed by atoms with E-state index in [1.54, 1.807) is 30.3 Å². The smallest absolute Gasteiger partial charge is 0.285 e. The molecule has 5 nitrogen and oxygen atoms in total. The van der Waals surface area contributed by atoms with Gasteiger partial charge in [-0.05, 0) is 42.0 Å². The van der Waals surface area contributed by atoms with E-state index in [4.69, 9.17) is 28.2 Å². The van der Waals surface area contributed by atoms with E-state index in [-0.39, 0.29) is 16.6 Å². The molecule has 0 unspecified atom stereocenters. The van der Waals surface area contributed by atoms with Crippen LogP contribution in [0.25, 0.3) is 17.4 Å². The summed E-state index contributed by atoms with van der Waals surface area (Å²) < 4.78 is 6.07. The summed E-state index contributed by atoms with van der Waals surface area (Å²) in [5.41, 5.74) is 4.26. The molecule has 8 heteroatoms. The van der Waals surface area contributed by atoms with E-state index >= 15 is 0 Å². The lowest BCUT2D eigenvalue weighted by Gasteiger charge is -2.15. The maximum Gasteiger partial charge on any atom is 0.285 e. The number of rotatable bonds is 5. The molecule has 3 aromatic rings. The zero-order valence-corrected chi connectivity index (χ0v) is 17.9. The number of benzene rings is 2. The Bertz CT molecular complexity index is 1160. The second-order valence-electron chi connectivity index (χ2n) is 6.43. The third kappa shape index (κ3) is 4.64. The van der Waals surface area contributed by atoms with Gasteiger partial charge < -0.3 is 4.42 Å². The van der Waals surface area contributed by atoms with Crippen LogP contribution in [0.4, 0.5) is 0 Å². The van der Waals surface area contributed by atoms with Gasteiger partial charge in [-0.15, -0.1) is 0 Å². The molecule has 0 atom stereocenters. The molecule has 30 heavy (non-hydrogen) atoms. The van der Waals surface area contributed by atoms with Crippen molar-refractivity contribution in [2.45, 2.75) is 6.42 Å². The monoisotopic (exact) mass is 454 g/mol. The SMILES string of the molecule is O=C(Cc1ccccc1)NN1C(=O)/C(=C\c2ccc(-c3cccc(Cl)c3)o2)SC1=S. The Morgan fingerprint density at radius 1 is 1.13 bits per heavy atom. The fourth-order valence-corrected chi connectivity index (χ4v) is 4.22. The van der Waals surface area contributed by atoms with E-state index in [9.17, 15) is 9.59 Å². The fraction of sp³-hybridized carbons (Fsp3) is 0.0455. The van der Waals surface area contributed by atoms with Crippen LogP contribution in [0.2, 0.25) is 5.02 Å². The van der Waals surface area contributed by atoms with E-state index in [1.165, 1.54) is 0 Å². The topological polar surface area (TPSA) is 62.6 Å². The lowest BCUT2D eigenvalue weighted by molar-refractivity contribution is -0.132. The van der Waals surface area contributed by atoms with Crippen LogP contribution in [0.3, 0.4) is 0 Å². The van der Waals surface area contributed by atoms with Crippen molar-refractivity contribution in [2.75, 3.05) is 0 Å². The van der Waals surface area contributed by atoms with Crippen LogP contribution in [-0.4, -0.2) is 21.1 Å². The van der Waals surface area contributed by atoms with Gasteiger partial charge in [0.2, 0.25) is 5.91 Å². The van der Waals surface area contributed by atoms with Gasteiger partial charge in [0.05, 0.1) is 11.3 Å². The quantitative estimate of drug-likeness (QED) is 0.430. The Labute approximate surface area is 187 Å². The van der Waals surface area contributed by atoms with Gasteiger partial charge in [0.15, 0.2) is 4.32 Å². The first-order chi connectivity index (χ1) is 14.5. The fourth-order valence-electron chi connectivity index (χ4n) is 2.87. The van der Waals surface area contributed by atoms with Crippen molar-refractivity contribution >= 4 is 57.8 Å². The molecule has 150 valence electrons. The zero-order valence-electron chi connectivity index (χ0n) is 15.5. The van der Waals surface area contributed by atoms with Gasteiger partial charge in [-0.2, -0.15) is 5.01 Å². The van der Waals surface area contributed by atoms with Crippen LogP contribution in [0.1, 0.15) is 11.3 Å². The van der Waals surface area contributed by atoms with E-state index < -0.39 is 5.91 Å². The van der Waals surface area contributed by atoms with Gasteiger partial charge in [0, 0.05) is 16.7 Å². The molecule has 2 amide bonds. The van der Waals surface area contributed by atoms with Crippen LogP contribution in [-0.2, 0) is 16.0 Å². The van der Waals surface area contributed by atoms with E-state index in [0.717, 1.165) is 27.9 Å². The highest BCUT2D eigenvalue weighted by Crippen LogP contribution is 2.33. The lowest BCUT2D eigenvalue weighted by Crippen LogP contribution is -2.45. The lowest BCUT2D eigenvalue weighted by atomic mass is 10.1. The number of amides is 2. The van der Waals surface area contributed by atoms with Crippen molar-refractivity contribution in [3.05, 3.63) is 88.0 Å². The highest BCUT2D eigenvalue weighted by atomic mass is 35.5. The standard InChI is InChI=1S/C22H15ClN2O3S2/c23-16-8-4-7-15(12-16)18-10-9-17(28-18)13-19-21(27)25(22(29)30-19)24-20(26)11-14-5-2-1-3-6-14/h1-10,12-13H,11H2,(H,24,26)/b19-13+. The average Bonchev–Trinajstić information content (AvgIpc) is 3.29. The number of nitrogens with zero attached hydrogens (tertiary/aromatic N) is 1. The summed E-state index contributed by atoms with van der Waals surface area (Å²) in [5.74, 6) is 0.420. The number of hydrazine groups is 1. The second-order valence-corrected chi connectivity index (χ2v) is 8.54. The molecule has 4 rings (SSSR count). The van der Waals surface area contributed by atoms with Crippen molar-refractivity contribution in [1.29, 1.82) is 0 Å². The second kappa shape index (κ2) is 8.87. The van der Waals surface area contributed by atoms with Crippen LogP contribution >= 0.6 is 35.6 Å². The Balaban J connectivity index is 1.46. The minimum atomic E-state index is -0.396. The molecule has 1 N–H and O–H groups in total. The first-order valence-corrected chi connectivity index (χ1v) is 10.6. The molecule has 0 saturated carbocycles. The van der Waals surface area contributed by atoms with Gasteiger partial charge in [0.1, 0.15) is 11.5 Å². The van der Waals surface area contributed by atoms with Gasteiger partial charge in [-0.25, -0.2) is 0 Å². The third-order valence-electron chi connectivity index (χ3n) is 4.25. The minimum Gasteiger partial charge on any atom is -0.457 e. The highest BCUT2D eigenvalue weighted by Gasteiger charge is 2.33. The van der Waals surface area contributed by atoms with E-state index in [0.29, 0.717) is 21.4 Å². The van der Waals surface area contributed by atoms with E-state index in [1.807, 2.05) is 42.5 Å². The van der Waals surface area contributed by atoms with Crippen molar-refractivity contribution in [3.8, 4) is 11.3 Å². The number of halogens is 1. The molecule has 0 aliphatic carbocycles. The molecule has 0 radical (unpaired) electrons. The first-order valence-electron chi connectivity index (χ1n) is 8.97. The molecule has 1 saturated heterocycles. The maximum atomic E-state index is 12.7. The van der Waals surface area contributed by atoms with Crippen LogP contribution in [0.5, 0.6) is 0 Å². The van der Waals surface area contributed by atoms with Crippen molar-refractivity contribution in [1.82, 2.24) is 10.4 Å². The molecule has 1 aliphatic rings. The number of nitrogens with one attached hydrogen (secondary N) is 1. The summed E-state index contributed by atoms with van der Waals surface area (Å²) in [4.78, 5) is 25.4. The van der Waals surface area contributed by atoms with Gasteiger partial charge >= 0.3 is 0 Å². The predicted octanol–water partition coefficient (Wildman–Crippen LogP) is 5.08. The molecule has 0 spiro atoms. The number of carbonyl (C=O) groups excluding carboxylic acids is 2. The van der Waals surface area contributed by atoms with Gasteiger partial charge in [0.25, 0.3) is 5.91 Å². The summed E-state index contributed by atoms with van der Waals surface area (Å²) in [5, 5.41) is 1.70. The number of thiocarbonyl (C=S) groups is 1. The molecule has 1 fully saturated rings. The Kier molecular flexibility index (Phi) is 6.03. The summed E-state index contributed by atoms with van der Waals surface area (Å²) in [7, 11) is 0. The molecule has 0 bridgehead atoms. The zero-order chi connectivity index (χ0) is 21.1. The first kappa shape index (κ1) is 20.4. The number of carbonyl (C=O) groups is 2. The van der Waals surface area contributed by atoms with E-state index in [2.05, 4.69) is 5.43 Å². The maximum absolute atomic E-state index is 12.7. The average molecular weight is 455 g/mol. The molecule has 1 aromatic heterocycles. The molecular formula is C22H15ClN2O3S2. The van der Waals surface area contributed by atoms with Gasteiger partial charge in [-0.3, -0.25) is 15.0 Å². The Morgan fingerprint density at radius 2 is 1.93 bits per heavy atom. The van der Waals surface area contributed by atoms with Crippen LogP contribution in [0.15, 0.2) is 76.1 Å². The largest absolute Gasteiger partial charge is 0.457 e. The molecule has 2 aromatic carbocycles. The minimum absolute atomic E-state index is 0.151. The van der Waals surface area contributed by atoms with Crippen molar-refractivity contribution in [2.24, 2.45) is 0 Å². The van der Waals surface area contributed by atoms with Gasteiger partial charge in [-0.1, -0.05) is 65.8 Å². The molecule has 2 heterocycles. The highest BCUT2D eigenvalue weighted by molar-refractivity contribution is 8.26. The normalized spacial score (nSPS) is 15.1. The molecular weight excluding hydrogens is 440 g/mol. The summed E-state index contributed by atoms with van der Waals surface area (Å²) in [6.45, 7) is 0. The summed E-state index contributed by atoms with van der Waals surface area (Å²) in [6.07, 6.45) is 1.76. The van der Waals surface area contributed by atoms with Crippen molar-refractivity contribution in [3.63, 3.8) is 0 Å². The number of hydrogen-bond donors (Lipinski definition) is 1. The summed E-state index contributed by atoms with van der Waals surface area (Å²) in [6, 6.07) is 20.1. The number of furan rings is 1. The van der Waals surface area contributed by atoms with Crippen LogP contribution in [0, 0.1) is 0 Å². The third-order valence-corrected chi connectivity index (χ3v) is 5.78. The Morgan fingerprint density at radius 3 is 2.70 bits per heavy atom. The summed E-state index contributed by atoms with van der Waals surface area (Å²) >= 11 is 12.4. The number of thioether (sulfide) groups is 1. The number of hydrogen-bond acceptors (Lipinski definition) is 5. The Hall–Kier alpha value is -2.87. The predicted molar refractivity (Wildman–Crippen MR) is 122 cm³/mol. The van der Waals surface area contributed by atoms with Crippen molar-refractivity contribution < 1.29 is 14.0 Å².